The normalized spacial score (nSPS) is 11.7. The van der Waals surface area contributed by atoms with Gasteiger partial charge in [0.2, 0.25) is 0 Å². The van der Waals surface area contributed by atoms with E-state index in [-0.39, 0.29) is 17.9 Å². The van der Waals surface area contributed by atoms with E-state index < -0.39 is 0 Å². The van der Waals surface area contributed by atoms with Gasteiger partial charge in [-0.25, -0.2) is 0 Å². The molecule has 0 saturated carbocycles. The number of benzene rings is 2. The molecule has 150 valence electrons. The molecule has 0 aliphatic carbocycles. The fourth-order valence-corrected chi connectivity index (χ4v) is 3.23. The first-order valence-corrected chi connectivity index (χ1v) is 10.2. The van der Waals surface area contributed by atoms with Crippen molar-refractivity contribution in [1.29, 1.82) is 0 Å². The Labute approximate surface area is 172 Å². The minimum atomic E-state index is -0.158. The average molecular weight is 402 g/mol. The topological polar surface area (TPSA) is 46.6 Å². The summed E-state index contributed by atoms with van der Waals surface area (Å²) in [5.74, 6) is -0.173. The van der Waals surface area contributed by atoms with E-state index in [0.29, 0.717) is 30.2 Å². The summed E-state index contributed by atoms with van der Waals surface area (Å²) in [7, 11) is 0. The Kier molecular flexibility index (Phi) is 9.02. The zero-order valence-corrected chi connectivity index (χ0v) is 17.3. The molecule has 28 heavy (non-hydrogen) atoms. The van der Waals surface area contributed by atoms with E-state index >= 15 is 0 Å². The third-order valence-electron chi connectivity index (χ3n) is 4.69. The molecule has 0 fully saturated rings. The molecule has 5 heteroatoms. The van der Waals surface area contributed by atoms with Crippen LogP contribution in [0.25, 0.3) is 0 Å². The highest BCUT2D eigenvalue weighted by atomic mass is 35.5. The van der Waals surface area contributed by atoms with Gasteiger partial charge in [0.25, 0.3) is 5.91 Å². The minimum absolute atomic E-state index is 0.0154. The van der Waals surface area contributed by atoms with Crippen LogP contribution < -0.4 is 0 Å². The predicted molar refractivity (Wildman–Crippen MR) is 112 cm³/mol. The first-order valence-electron chi connectivity index (χ1n) is 9.80. The summed E-state index contributed by atoms with van der Waals surface area (Å²) in [6.07, 6.45) is 2.88. The van der Waals surface area contributed by atoms with Crippen molar-refractivity contribution in [3.05, 3.63) is 70.7 Å². The van der Waals surface area contributed by atoms with Crippen molar-refractivity contribution in [2.45, 2.75) is 45.6 Å². The first-order chi connectivity index (χ1) is 13.5. The molecule has 0 aromatic heterocycles. The van der Waals surface area contributed by atoms with Crippen LogP contribution in [0.15, 0.2) is 54.6 Å². The summed E-state index contributed by atoms with van der Waals surface area (Å²) in [4.78, 5) is 26.5. The molecule has 1 atom stereocenters. The number of esters is 1. The lowest BCUT2D eigenvalue weighted by Gasteiger charge is -2.30. The van der Waals surface area contributed by atoms with Crippen LogP contribution >= 0.6 is 11.6 Å². The zero-order valence-electron chi connectivity index (χ0n) is 16.6. The summed E-state index contributed by atoms with van der Waals surface area (Å²) in [6, 6.07) is 16.9. The highest BCUT2D eigenvalue weighted by molar-refractivity contribution is 6.30. The third-order valence-corrected chi connectivity index (χ3v) is 4.94. The van der Waals surface area contributed by atoms with E-state index in [9.17, 15) is 9.59 Å². The highest BCUT2D eigenvalue weighted by Crippen LogP contribution is 2.23. The van der Waals surface area contributed by atoms with Crippen molar-refractivity contribution in [2.24, 2.45) is 0 Å². The second kappa shape index (κ2) is 11.5. The maximum absolute atomic E-state index is 13.1. The number of amides is 1. The van der Waals surface area contributed by atoms with Crippen molar-refractivity contribution >= 4 is 23.5 Å². The van der Waals surface area contributed by atoms with Crippen LogP contribution in [0.3, 0.4) is 0 Å². The van der Waals surface area contributed by atoms with Gasteiger partial charge in [-0.1, -0.05) is 48.4 Å². The lowest BCUT2D eigenvalue weighted by atomic mass is 10.0. The molecule has 2 aromatic rings. The van der Waals surface area contributed by atoms with Crippen LogP contribution in [0.4, 0.5) is 0 Å². The van der Waals surface area contributed by atoms with E-state index in [1.165, 1.54) is 0 Å². The summed E-state index contributed by atoms with van der Waals surface area (Å²) in [5.41, 5.74) is 1.72. The minimum Gasteiger partial charge on any atom is -0.466 e. The summed E-state index contributed by atoms with van der Waals surface area (Å²) in [5, 5.41) is 0.609. The van der Waals surface area contributed by atoms with Gasteiger partial charge < -0.3 is 9.64 Å². The summed E-state index contributed by atoms with van der Waals surface area (Å²) >= 11 is 5.96. The number of nitrogens with zero attached hydrogens (tertiary/aromatic N) is 1. The smallest absolute Gasteiger partial charge is 0.305 e. The Bertz CT molecular complexity index is 746. The number of carbonyl (C=O) groups excluding carboxylic acids is 2. The Morgan fingerprint density at radius 1 is 1.00 bits per heavy atom. The second-order valence-electron chi connectivity index (χ2n) is 6.71. The van der Waals surface area contributed by atoms with Crippen LogP contribution in [-0.2, 0) is 9.53 Å². The standard InChI is InChI=1S/C23H28ClNO3/c1-3-28-22(26)12-8-5-9-17-25(18(2)19-10-6-4-7-11-19)23(27)20-13-15-21(24)16-14-20/h4,6-7,10-11,13-16,18H,3,5,8-9,12,17H2,1-2H3. The van der Waals surface area contributed by atoms with Crippen LogP contribution in [0, 0.1) is 0 Å². The van der Waals surface area contributed by atoms with Crippen LogP contribution in [0.1, 0.15) is 61.5 Å². The fourth-order valence-electron chi connectivity index (χ4n) is 3.10. The van der Waals surface area contributed by atoms with Gasteiger partial charge in [0.1, 0.15) is 0 Å². The van der Waals surface area contributed by atoms with Gasteiger partial charge in [0.15, 0.2) is 0 Å². The lowest BCUT2D eigenvalue weighted by Crippen LogP contribution is -2.34. The van der Waals surface area contributed by atoms with Crippen LogP contribution in [-0.4, -0.2) is 29.9 Å². The molecule has 0 saturated heterocycles. The highest BCUT2D eigenvalue weighted by Gasteiger charge is 2.22. The molecule has 0 N–H and O–H groups in total. The van der Waals surface area contributed by atoms with Crippen molar-refractivity contribution in [3.8, 4) is 0 Å². The number of hydrogen-bond donors (Lipinski definition) is 0. The number of hydrogen-bond acceptors (Lipinski definition) is 3. The number of ether oxygens (including phenoxy) is 1. The quantitative estimate of drug-likeness (QED) is 0.380. The second-order valence-corrected chi connectivity index (χ2v) is 7.14. The zero-order chi connectivity index (χ0) is 20.4. The van der Waals surface area contributed by atoms with E-state index in [4.69, 9.17) is 16.3 Å². The number of carbonyl (C=O) groups is 2. The molecule has 0 radical (unpaired) electrons. The molecular formula is C23H28ClNO3. The van der Waals surface area contributed by atoms with Gasteiger partial charge in [0.05, 0.1) is 12.6 Å². The molecule has 0 bridgehead atoms. The van der Waals surface area contributed by atoms with E-state index in [2.05, 4.69) is 0 Å². The predicted octanol–water partition coefficient (Wildman–Crippen LogP) is 5.67. The monoisotopic (exact) mass is 401 g/mol. The van der Waals surface area contributed by atoms with Crippen molar-refractivity contribution in [1.82, 2.24) is 4.90 Å². The molecule has 2 aromatic carbocycles. The summed E-state index contributed by atoms with van der Waals surface area (Å²) in [6.45, 7) is 4.89. The molecule has 1 amide bonds. The number of unbranched alkanes of at least 4 members (excludes halogenated alkanes) is 2. The van der Waals surface area contributed by atoms with Gasteiger partial charge in [-0.3, -0.25) is 9.59 Å². The Morgan fingerprint density at radius 2 is 1.68 bits per heavy atom. The maximum Gasteiger partial charge on any atom is 0.305 e. The van der Waals surface area contributed by atoms with Crippen molar-refractivity contribution in [3.63, 3.8) is 0 Å². The van der Waals surface area contributed by atoms with Crippen molar-refractivity contribution in [2.75, 3.05) is 13.2 Å². The Hall–Kier alpha value is -2.33. The fraction of sp³-hybridized carbons (Fsp3) is 0.391. The third kappa shape index (κ3) is 6.68. The van der Waals surface area contributed by atoms with Crippen LogP contribution in [0.2, 0.25) is 5.02 Å². The van der Waals surface area contributed by atoms with Gasteiger partial charge >= 0.3 is 5.97 Å². The molecular weight excluding hydrogens is 374 g/mol. The Balaban J connectivity index is 2.03. The summed E-state index contributed by atoms with van der Waals surface area (Å²) < 4.78 is 4.96. The largest absolute Gasteiger partial charge is 0.466 e. The Morgan fingerprint density at radius 3 is 2.32 bits per heavy atom. The number of halogens is 1. The SMILES string of the molecule is CCOC(=O)CCCCCN(C(=O)c1ccc(Cl)cc1)C(C)c1ccccc1. The average Bonchev–Trinajstić information content (AvgIpc) is 2.71. The first kappa shape index (κ1) is 22.0. The van der Waals surface area contributed by atoms with Gasteiger partial charge in [-0.2, -0.15) is 0 Å². The van der Waals surface area contributed by atoms with E-state index in [1.54, 1.807) is 24.3 Å². The van der Waals surface area contributed by atoms with E-state index in [1.807, 2.05) is 49.1 Å². The molecule has 4 nitrogen and oxygen atoms in total. The molecule has 0 heterocycles. The molecule has 0 aliphatic rings. The van der Waals surface area contributed by atoms with E-state index in [0.717, 1.165) is 24.8 Å². The molecule has 0 aliphatic heterocycles. The molecule has 1 unspecified atom stereocenters. The van der Waals surface area contributed by atoms with Gasteiger partial charge in [0, 0.05) is 23.6 Å². The van der Waals surface area contributed by atoms with Crippen molar-refractivity contribution < 1.29 is 14.3 Å². The number of rotatable bonds is 10. The molecule has 2 rings (SSSR count). The van der Waals surface area contributed by atoms with Gasteiger partial charge in [-0.15, -0.1) is 0 Å². The van der Waals surface area contributed by atoms with Gasteiger partial charge in [-0.05, 0) is 56.5 Å². The lowest BCUT2D eigenvalue weighted by molar-refractivity contribution is -0.143. The molecule has 0 spiro atoms. The maximum atomic E-state index is 13.1. The van der Waals surface area contributed by atoms with Crippen LogP contribution in [0.5, 0.6) is 0 Å².